The summed E-state index contributed by atoms with van der Waals surface area (Å²) in [6, 6.07) is 0. The van der Waals surface area contributed by atoms with E-state index in [2.05, 4.69) is 41.5 Å². The summed E-state index contributed by atoms with van der Waals surface area (Å²) in [5.74, 6) is -0.780. The molecule has 140 valence electrons. The van der Waals surface area contributed by atoms with Gasteiger partial charge in [0, 0.05) is 10.8 Å². The van der Waals surface area contributed by atoms with Crippen LogP contribution in [-0.4, -0.2) is 35.9 Å². The van der Waals surface area contributed by atoms with Gasteiger partial charge in [0.1, 0.15) is 5.60 Å². The Bertz CT molecular complexity index is 492. The fraction of sp³-hybridized carbons (Fsp3) is 0.895. The first-order valence-corrected chi connectivity index (χ1v) is 8.78. The van der Waals surface area contributed by atoms with Crippen LogP contribution in [0.1, 0.15) is 75.2 Å². The van der Waals surface area contributed by atoms with E-state index in [1.807, 2.05) is 13.8 Å². The zero-order chi connectivity index (χ0) is 19.0. The van der Waals surface area contributed by atoms with Crippen molar-refractivity contribution in [2.75, 3.05) is 6.61 Å². The van der Waals surface area contributed by atoms with Crippen molar-refractivity contribution >= 4 is 11.9 Å². The Morgan fingerprint density at radius 3 is 1.92 bits per heavy atom. The zero-order valence-corrected chi connectivity index (χ0v) is 16.7. The fourth-order valence-corrected chi connectivity index (χ4v) is 3.52. The number of hydrogen-bond donors (Lipinski definition) is 0. The van der Waals surface area contributed by atoms with Gasteiger partial charge in [-0.05, 0) is 34.6 Å². The van der Waals surface area contributed by atoms with Gasteiger partial charge in [-0.1, -0.05) is 27.7 Å². The molecule has 0 aromatic heterocycles. The first kappa shape index (κ1) is 20.9. The van der Waals surface area contributed by atoms with Crippen molar-refractivity contribution in [1.29, 1.82) is 0 Å². The van der Waals surface area contributed by atoms with E-state index in [1.54, 1.807) is 6.92 Å². The van der Waals surface area contributed by atoms with Crippen molar-refractivity contribution in [3.8, 4) is 0 Å². The molecule has 5 nitrogen and oxygen atoms in total. The molecule has 0 saturated carbocycles. The molecule has 1 fully saturated rings. The Morgan fingerprint density at radius 1 is 0.917 bits per heavy atom. The molecule has 0 radical (unpaired) electrons. The molecule has 0 aromatic rings. The molecule has 0 spiro atoms. The van der Waals surface area contributed by atoms with E-state index in [0.29, 0.717) is 6.61 Å². The highest BCUT2D eigenvalue weighted by Gasteiger charge is 2.65. The maximum absolute atomic E-state index is 12.3. The Morgan fingerprint density at radius 2 is 1.42 bits per heavy atom. The third kappa shape index (κ3) is 3.32. The topological polar surface area (TPSA) is 61.8 Å². The van der Waals surface area contributed by atoms with Crippen LogP contribution >= 0.6 is 0 Å². The van der Waals surface area contributed by atoms with Crippen molar-refractivity contribution < 1.29 is 23.8 Å². The molecule has 2 atom stereocenters. The molecule has 1 unspecified atom stereocenters. The van der Waals surface area contributed by atoms with Crippen LogP contribution in [0, 0.1) is 10.8 Å². The molecule has 0 aliphatic carbocycles. The number of rotatable bonds is 5. The van der Waals surface area contributed by atoms with E-state index in [9.17, 15) is 9.59 Å². The van der Waals surface area contributed by atoms with E-state index in [0.717, 1.165) is 0 Å². The molecule has 1 aliphatic heterocycles. The van der Waals surface area contributed by atoms with Crippen LogP contribution in [0.15, 0.2) is 0 Å². The Labute approximate surface area is 146 Å². The summed E-state index contributed by atoms with van der Waals surface area (Å²) in [5.41, 5.74) is -1.71. The Kier molecular flexibility index (Phi) is 5.81. The highest BCUT2D eigenvalue weighted by Crippen LogP contribution is 2.60. The molecule has 0 aromatic carbocycles. The van der Waals surface area contributed by atoms with E-state index in [4.69, 9.17) is 14.2 Å². The summed E-state index contributed by atoms with van der Waals surface area (Å²) in [6.45, 7) is 18.6. The van der Waals surface area contributed by atoms with Gasteiger partial charge in [-0.3, -0.25) is 9.59 Å². The lowest BCUT2D eigenvalue weighted by molar-refractivity contribution is -0.315. The molecule has 1 heterocycles. The molecule has 0 amide bonds. The van der Waals surface area contributed by atoms with E-state index < -0.39 is 11.6 Å². The first-order valence-electron chi connectivity index (χ1n) is 8.78. The molecule has 1 rings (SSSR count). The van der Waals surface area contributed by atoms with E-state index in [1.165, 1.54) is 0 Å². The largest absolute Gasteiger partial charge is 0.466 e. The number of ether oxygens (including phenoxy) is 3. The zero-order valence-electron chi connectivity index (χ0n) is 16.7. The fourth-order valence-electron chi connectivity index (χ4n) is 3.52. The summed E-state index contributed by atoms with van der Waals surface area (Å²) in [7, 11) is 0. The quantitative estimate of drug-likeness (QED) is 0.710. The van der Waals surface area contributed by atoms with Gasteiger partial charge < -0.3 is 14.2 Å². The normalized spacial score (nSPS) is 30.5. The summed E-state index contributed by atoms with van der Waals surface area (Å²) in [6.07, 6.45) is -0.212. The van der Waals surface area contributed by atoms with Crippen molar-refractivity contribution in [2.24, 2.45) is 10.8 Å². The van der Waals surface area contributed by atoms with Gasteiger partial charge in [-0.2, -0.15) is 0 Å². The van der Waals surface area contributed by atoms with Crippen molar-refractivity contribution in [2.45, 2.75) is 92.5 Å². The van der Waals surface area contributed by atoms with Gasteiger partial charge in [-0.15, -0.1) is 0 Å². The van der Waals surface area contributed by atoms with Gasteiger partial charge in [0.05, 0.1) is 31.2 Å². The molecule has 5 heteroatoms. The van der Waals surface area contributed by atoms with Crippen LogP contribution in [0.2, 0.25) is 0 Å². The lowest BCUT2D eigenvalue weighted by Gasteiger charge is -2.64. The minimum atomic E-state index is -0.794. The monoisotopic (exact) mass is 342 g/mol. The van der Waals surface area contributed by atoms with Crippen LogP contribution in [-0.2, 0) is 23.8 Å². The van der Waals surface area contributed by atoms with Crippen LogP contribution in [0.3, 0.4) is 0 Å². The predicted molar refractivity (Wildman–Crippen MR) is 92.6 cm³/mol. The molecule has 1 aliphatic rings. The summed E-state index contributed by atoms with van der Waals surface area (Å²) in [4.78, 5) is 23.8. The molecule has 1 saturated heterocycles. The molecular weight excluding hydrogens is 308 g/mol. The van der Waals surface area contributed by atoms with Crippen LogP contribution < -0.4 is 0 Å². The summed E-state index contributed by atoms with van der Waals surface area (Å²) in [5, 5.41) is 0. The third-order valence-corrected chi connectivity index (χ3v) is 6.72. The highest BCUT2D eigenvalue weighted by atomic mass is 16.6. The number of carbonyl (C=O) groups excluding carboxylic acids is 2. The van der Waals surface area contributed by atoms with Gasteiger partial charge in [-0.25, -0.2) is 0 Å². The maximum Gasteiger partial charge on any atom is 0.307 e. The second kappa shape index (κ2) is 6.66. The maximum atomic E-state index is 12.3. The van der Waals surface area contributed by atoms with Gasteiger partial charge >= 0.3 is 11.9 Å². The smallest absolute Gasteiger partial charge is 0.307 e. The van der Waals surface area contributed by atoms with Crippen LogP contribution in [0.5, 0.6) is 0 Å². The molecule has 24 heavy (non-hydrogen) atoms. The van der Waals surface area contributed by atoms with Crippen molar-refractivity contribution in [3.05, 3.63) is 0 Å². The van der Waals surface area contributed by atoms with Gasteiger partial charge in [0.15, 0.2) is 0 Å². The molecule has 0 bridgehead atoms. The highest BCUT2D eigenvalue weighted by molar-refractivity contribution is 5.78. The average Bonchev–Trinajstić information content (AvgIpc) is 2.43. The third-order valence-electron chi connectivity index (χ3n) is 6.72. The lowest BCUT2D eigenvalue weighted by atomic mass is 9.50. The second-order valence-electron chi connectivity index (χ2n) is 8.41. The second-order valence-corrected chi connectivity index (χ2v) is 8.41. The minimum absolute atomic E-state index is 0.0149. The minimum Gasteiger partial charge on any atom is -0.466 e. The first-order chi connectivity index (χ1) is 10.7. The van der Waals surface area contributed by atoms with Crippen LogP contribution in [0.4, 0.5) is 0 Å². The van der Waals surface area contributed by atoms with Gasteiger partial charge in [0.25, 0.3) is 0 Å². The SMILES string of the molecule is CCOC(=O)CCC(=O)OC1(C)[C@H](C)OC(C)(C)C(C)(C)C1(C)C. The molecule has 0 N–H and O–H groups in total. The Hall–Kier alpha value is -1.10. The lowest BCUT2D eigenvalue weighted by Crippen LogP contribution is -2.70. The predicted octanol–water partition coefficient (Wildman–Crippen LogP) is 3.88. The molecular formula is C19H34O5. The number of hydrogen-bond acceptors (Lipinski definition) is 5. The van der Waals surface area contributed by atoms with E-state index in [-0.39, 0.29) is 41.3 Å². The average molecular weight is 342 g/mol. The standard InChI is InChI=1S/C19H34O5/c1-10-22-14(20)11-12-15(21)24-19(9)13(2)23-18(7,8)16(3,4)17(19,5)6/h13H,10-12H2,1-9H3/t13-,19?/m0/s1. The van der Waals surface area contributed by atoms with Crippen molar-refractivity contribution in [1.82, 2.24) is 0 Å². The van der Waals surface area contributed by atoms with Crippen molar-refractivity contribution in [3.63, 3.8) is 0 Å². The van der Waals surface area contributed by atoms with Gasteiger partial charge in [0.2, 0.25) is 0 Å². The summed E-state index contributed by atoms with van der Waals surface area (Å²) < 4.78 is 17.0. The summed E-state index contributed by atoms with van der Waals surface area (Å²) >= 11 is 0. The van der Waals surface area contributed by atoms with Crippen LogP contribution in [0.25, 0.3) is 0 Å². The Balaban J connectivity index is 2.95. The number of esters is 2. The van der Waals surface area contributed by atoms with E-state index >= 15 is 0 Å². The number of carbonyl (C=O) groups is 2.